The molecule has 0 radical (unpaired) electrons. The normalized spacial score (nSPS) is 12.6. The SMILES string of the molecule is CCNC(=NCCc1nc(C(C)C)no1)NC(C)c1ccc(CC)cc1.I. The van der Waals surface area contributed by atoms with Gasteiger partial charge in [-0.2, -0.15) is 4.98 Å². The Morgan fingerprint density at radius 3 is 2.41 bits per heavy atom. The first-order valence-electron chi connectivity index (χ1n) is 9.49. The third-order valence-corrected chi connectivity index (χ3v) is 4.18. The van der Waals surface area contributed by atoms with Crippen molar-refractivity contribution in [3.05, 3.63) is 47.1 Å². The van der Waals surface area contributed by atoms with E-state index in [1.54, 1.807) is 0 Å². The Balaban J connectivity index is 0.00000364. The van der Waals surface area contributed by atoms with Crippen molar-refractivity contribution in [2.24, 2.45) is 4.99 Å². The van der Waals surface area contributed by atoms with Crippen LogP contribution in [0, 0.1) is 0 Å². The monoisotopic (exact) mass is 485 g/mol. The van der Waals surface area contributed by atoms with Gasteiger partial charge in [-0.15, -0.1) is 24.0 Å². The summed E-state index contributed by atoms with van der Waals surface area (Å²) in [5.74, 6) is 2.45. The zero-order valence-electron chi connectivity index (χ0n) is 17.0. The fourth-order valence-electron chi connectivity index (χ4n) is 2.52. The highest BCUT2D eigenvalue weighted by atomic mass is 127. The largest absolute Gasteiger partial charge is 0.357 e. The Morgan fingerprint density at radius 1 is 1.15 bits per heavy atom. The number of hydrogen-bond donors (Lipinski definition) is 2. The van der Waals surface area contributed by atoms with Crippen LogP contribution in [-0.4, -0.2) is 29.2 Å². The van der Waals surface area contributed by atoms with Crippen molar-refractivity contribution < 1.29 is 4.52 Å². The van der Waals surface area contributed by atoms with Gasteiger partial charge in [0.2, 0.25) is 5.89 Å². The molecule has 1 heterocycles. The lowest BCUT2D eigenvalue weighted by atomic mass is 10.1. The minimum absolute atomic E-state index is 0. The molecule has 1 aromatic heterocycles. The van der Waals surface area contributed by atoms with Crippen LogP contribution in [-0.2, 0) is 12.8 Å². The van der Waals surface area contributed by atoms with Crippen LogP contribution in [0.5, 0.6) is 0 Å². The van der Waals surface area contributed by atoms with E-state index in [9.17, 15) is 0 Å². The molecule has 2 aromatic rings. The first-order valence-corrected chi connectivity index (χ1v) is 9.49. The number of halogens is 1. The van der Waals surface area contributed by atoms with E-state index in [-0.39, 0.29) is 35.9 Å². The molecule has 0 spiro atoms. The Kier molecular flexibility index (Phi) is 10.4. The van der Waals surface area contributed by atoms with Gasteiger partial charge in [-0.05, 0) is 31.4 Å². The Labute approximate surface area is 179 Å². The van der Waals surface area contributed by atoms with E-state index in [1.165, 1.54) is 11.1 Å². The van der Waals surface area contributed by atoms with Crippen molar-refractivity contribution in [3.63, 3.8) is 0 Å². The second-order valence-electron chi connectivity index (χ2n) is 6.67. The smallest absolute Gasteiger partial charge is 0.228 e. The van der Waals surface area contributed by atoms with Gasteiger partial charge in [0, 0.05) is 18.9 Å². The molecule has 27 heavy (non-hydrogen) atoms. The molecule has 7 heteroatoms. The molecule has 2 rings (SSSR count). The molecular formula is C20H32IN5O. The number of aromatic nitrogens is 2. The van der Waals surface area contributed by atoms with Gasteiger partial charge in [0.15, 0.2) is 11.8 Å². The number of nitrogens with one attached hydrogen (secondary N) is 2. The lowest BCUT2D eigenvalue weighted by Gasteiger charge is -2.18. The number of aliphatic imine (C=N–C) groups is 1. The van der Waals surface area contributed by atoms with Crippen LogP contribution in [0.1, 0.15) is 69.4 Å². The quantitative estimate of drug-likeness (QED) is 0.333. The maximum atomic E-state index is 5.27. The van der Waals surface area contributed by atoms with E-state index in [1.807, 2.05) is 0 Å². The number of nitrogens with zero attached hydrogens (tertiary/aromatic N) is 3. The molecule has 0 aliphatic rings. The summed E-state index contributed by atoms with van der Waals surface area (Å²) < 4.78 is 5.27. The molecule has 0 saturated heterocycles. The van der Waals surface area contributed by atoms with Crippen LogP contribution in [0.25, 0.3) is 0 Å². The molecule has 1 aromatic carbocycles. The molecule has 1 atom stereocenters. The molecule has 0 aliphatic heterocycles. The van der Waals surface area contributed by atoms with Crippen LogP contribution in [0.2, 0.25) is 0 Å². The summed E-state index contributed by atoms with van der Waals surface area (Å²) >= 11 is 0. The third kappa shape index (κ3) is 7.48. The van der Waals surface area contributed by atoms with E-state index in [4.69, 9.17) is 4.52 Å². The van der Waals surface area contributed by atoms with E-state index in [2.05, 4.69) is 84.7 Å². The summed E-state index contributed by atoms with van der Waals surface area (Å²) in [6.07, 6.45) is 1.69. The zero-order valence-corrected chi connectivity index (χ0v) is 19.3. The number of hydrogen-bond acceptors (Lipinski definition) is 4. The molecule has 1 unspecified atom stereocenters. The fourth-order valence-corrected chi connectivity index (χ4v) is 2.52. The highest BCUT2D eigenvalue weighted by molar-refractivity contribution is 14.0. The van der Waals surface area contributed by atoms with E-state index < -0.39 is 0 Å². The summed E-state index contributed by atoms with van der Waals surface area (Å²) in [4.78, 5) is 9.02. The highest BCUT2D eigenvalue weighted by Gasteiger charge is 2.10. The number of rotatable bonds is 8. The fraction of sp³-hybridized carbons (Fsp3) is 0.550. The van der Waals surface area contributed by atoms with Crippen molar-refractivity contribution in [1.82, 2.24) is 20.8 Å². The zero-order chi connectivity index (χ0) is 18.9. The maximum Gasteiger partial charge on any atom is 0.228 e. The predicted molar refractivity (Wildman–Crippen MR) is 121 cm³/mol. The average Bonchev–Trinajstić information content (AvgIpc) is 3.11. The summed E-state index contributed by atoms with van der Waals surface area (Å²) in [5.41, 5.74) is 2.59. The van der Waals surface area contributed by atoms with Gasteiger partial charge in [-0.25, -0.2) is 0 Å². The van der Waals surface area contributed by atoms with Crippen molar-refractivity contribution in [3.8, 4) is 0 Å². The Morgan fingerprint density at radius 2 is 1.85 bits per heavy atom. The second kappa shape index (κ2) is 11.9. The van der Waals surface area contributed by atoms with Crippen molar-refractivity contribution in [1.29, 1.82) is 0 Å². The number of benzene rings is 1. The molecule has 6 nitrogen and oxygen atoms in total. The Hall–Kier alpha value is -1.64. The minimum Gasteiger partial charge on any atom is -0.357 e. The lowest BCUT2D eigenvalue weighted by Crippen LogP contribution is -2.38. The van der Waals surface area contributed by atoms with Gasteiger partial charge in [0.05, 0.1) is 12.6 Å². The van der Waals surface area contributed by atoms with Crippen LogP contribution >= 0.6 is 24.0 Å². The van der Waals surface area contributed by atoms with Crippen molar-refractivity contribution in [2.75, 3.05) is 13.1 Å². The van der Waals surface area contributed by atoms with Gasteiger partial charge in [-0.1, -0.05) is 50.2 Å². The molecular weight excluding hydrogens is 453 g/mol. The summed E-state index contributed by atoms with van der Waals surface area (Å²) in [6.45, 7) is 11.9. The average molecular weight is 485 g/mol. The van der Waals surface area contributed by atoms with Crippen molar-refractivity contribution >= 4 is 29.9 Å². The molecule has 0 amide bonds. The first-order chi connectivity index (χ1) is 12.5. The van der Waals surface area contributed by atoms with Crippen molar-refractivity contribution in [2.45, 2.75) is 59.4 Å². The molecule has 0 bridgehead atoms. The van der Waals surface area contributed by atoms with Gasteiger partial charge < -0.3 is 15.2 Å². The molecule has 0 saturated carbocycles. The van der Waals surface area contributed by atoms with Gasteiger partial charge in [-0.3, -0.25) is 4.99 Å². The topological polar surface area (TPSA) is 75.3 Å². The molecule has 2 N–H and O–H groups in total. The van der Waals surface area contributed by atoms with Gasteiger partial charge >= 0.3 is 0 Å². The molecule has 0 fully saturated rings. The highest BCUT2D eigenvalue weighted by Crippen LogP contribution is 2.14. The van der Waals surface area contributed by atoms with Crippen LogP contribution < -0.4 is 10.6 Å². The molecule has 150 valence electrons. The Bertz CT molecular complexity index is 697. The summed E-state index contributed by atoms with van der Waals surface area (Å²) in [5, 5.41) is 10.7. The third-order valence-electron chi connectivity index (χ3n) is 4.18. The van der Waals surface area contributed by atoms with Gasteiger partial charge in [0.1, 0.15) is 0 Å². The van der Waals surface area contributed by atoms with E-state index in [0.29, 0.717) is 18.9 Å². The number of guanidine groups is 1. The second-order valence-corrected chi connectivity index (χ2v) is 6.67. The van der Waals surface area contributed by atoms with Gasteiger partial charge in [0.25, 0.3) is 0 Å². The van der Waals surface area contributed by atoms with Crippen LogP contribution in [0.4, 0.5) is 0 Å². The van der Waals surface area contributed by atoms with Crippen LogP contribution in [0.15, 0.2) is 33.8 Å². The maximum absolute atomic E-state index is 5.27. The molecule has 0 aliphatic carbocycles. The summed E-state index contributed by atoms with van der Waals surface area (Å²) in [7, 11) is 0. The lowest BCUT2D eigenvalue weighted by molar-refractivity contribution is 0.372. The van der Waals surface area contributed by atoms with E-state index >= 15 is 0 Å². The number of aryl methyl sites for hydroxylation is 1. The standard InChI is InChI=1S/C20H31N5O.HI/c1-6-16-8-10-17(11-9-16)15(5)23-20(21-7-2)22-13-12-18-24-19(14(3)4)25-26-18;/h8-11,14-15H,6-7,12-13H2,1-5H3,(H2,21,22,23);1H. The predicted octanol–water partition coefficient (Wildman–Crippen LogP) is 4.23. The van der Waals surface area contributed by atoms with E-state index in [0.717, 1.165) is 24.7 Å². The summed E-state index contributed by atoms with van der Waals surface area (Å²) in [6, 6.07) is 8.88. The first kappa shape index (κ1) is 23.4. The van der Waals surface area contributed by atoms with Crippen LogP contribution in [0.3, 0.4) is 0 Å². The minimum atomic E-state index is 0.